The lowest BCUT2D eigenvalue weighted by Crippen LogP contribution is -2.31. The van der Waals surface area contributed by atoms with Crippen LogP contribution in [0.2, 0.25) is 0 Å². The summed E-state index contributed by atoms with van der Waals surface area (Å²) in [5, 5.41) is 11.1. The van der Waals surface area contributed by atoms with E-state index in [0.29, 0.717) is 0 Å². The summed E-state index contributed by atoms with van der Waals surface area (Å²) in [5.41, 5.74) is -0.405. The van der Waals surface area contributed by atoms with Crippen molar-refractivity contribution in [2.45, 2.75) is 38.7 Å². The number of hydrogen-bond donors (Lipinski definition) is 0. The van der Waals surface area contributed by atoms with E-state index in [1.165, 1.54) is 13.8 Å². The molecule has 0 aromatic carbocycles. The van der Waals surface area contributed by atoms with Crippen molar-refractivity contribution in [1.29, 1.82) is 0 Å². The fourth-order valence-electron chi connectivity index (χ4n) is 2.55. The Bertz CT molecular complexity index is 729. The topological polar surface area (TPSA) is 149 Å². The molecule has 0 bridgehead atoms. The first-order chi connectivity index (χ1) is 12.2. The lowest BCUT2D eigenvalue weighted by Gasteiger charge is -2.17. The monoisotopic (exact) mass is 371 g/mol. The summed E-state index contributed by atoms with van der Waals surface area (Å²) in [6.45, 7) is 2.23. The number of aromatic nitrogens is 2. The fraction of sp³-hybridized carbons (Fsp3) is 0.571. The van der Waals surface area contributed by atoms with Gasteiger partial charge in [0.25, 0.3) is 0 Å². The first-order valence-corrected chi connectivity index (χ1v) is 7.50. The second kappa shape index (κ2) is 7.91. The van der Waals surface area contributed by atoms with E-state index in [1.54, 1.807) is 0 Å². The molecule has 12 nitrogen and oxygen atoms in total. The van der Waals surface area contributed by atoms with Crippen LogP contribution in [0.4, 0.5) is 5.82 Å². The van der Waals surface area contributed by atoms with E-state index in [9.17, 15) is 24.5 Å². The number of hydrogen-bond acceptors (Lipinski definition) is 10. The molecule has 0 radical (unpaired) electrons. The molecule has 12 heteroatoms. The predicted octanol–water partition coefficient (Wildman–Crippen LogP) is 0.360. The van der Waals surface area contributed by atoms with Crippen LogP contribution in [0.3, 0.4) is 0 Å². The van der Waals surface area contributed by atoms with E-state index in [4.69, 9.17) is 14.2 Å². The Morgan fingerprint density at radius 3 is 2.62 bits per heavy atom. The highest BCUT2D eigenvalue weighted by atomic mass is 16.6. The van der Waals surface area contributed by atoms with Gasteiger partial charge < -0.3 is 29.1 Å². The van der Waals surface area contributed by atoms with E-state index in [-0.39, 0.29) is 13.0 Å². The lowest BCUT2D eigenvalue weighted by atomic mass is 10.2. The first kappa shape index (κ1) is 19.3. The van der Waals surface area contributed by atoms with Gasteiger partial charge in [-0.05, 0) is 9.91 Å². The van der Waals surface area contributed by atoms with Crippen LogP contribution in [0.1, 0.15) is 37.0 Å². The molecule has 0 saturated carbocycles. The van der Waals surface area contributed by atoms with Crippen molar-refractivity contribution in [3.05, 3.63) is 22.1 Å². The molecule has 2 rings (SSSR count). The van der Waals surface area contributed by atoms with E-state index in [0.717, 1.165) is 18.0 Å². The minimum absolute atomic E-state index is 0.0724. The number of nitro groups is 1. The fourth-order valence-corrected chi connectivity index (χ4v) is 2.55. The van der Waals surface area contributed by atoms with Gasteiger partial charge in [-0.25, -0.2) is 4.79 Å². The standard InChI is InChI=1S/C14H17N3O9/c1-7(18)24-5-10-9(25-8(2)19)4-11(26-10)16-6-15-13(17(21)22)12(16)14(20)23-3/h6,9-11H,4-5H2,1-3H3/t9-,10+,11+/m0/s1. The molecule has 1 fully saturated rings. The summed E-state index contributed by atoms with van der Waals surface area (Å²) in [7, 11) is 1.07. The smallest absolute Gasteiger partial charge is 0.396 e. The molecule has 0 spiro atoms. The molecule has 142 valence electrons. The van der Waals surface area contributed by atoms with Crippen LogP contribution >= 0.6 is 0 Å². The summed E-state index contributed by atoms with van der Waals surface area (Å²) in [6.07, 6.45) is -1.35. The maximum atomic E-state index is 11.9. The summed E-state index contributed by atoms with van der Waals surface area (Å²) < 4.78 is 21.4. The maximum absolute atomic E-state index is 11.9. The Kier molecular flexibility index (Phi) is 5.87. The number of esters is 3. The van der Waals surface area contributed by atoms with Crippen LogP contribution in [0.5, 0.6) is 0 Å². The number of carbonyl (C=O) groups is 3. The number of rotatable bonds is 6. The molecule has 1 aromatic heterocycles. The van der Waals surface area contributed by atoms with Gasteiger partial charge in [0.15, 0.2) is 0 Å². The highest BCUT2D eigenvalue weighted by molar-refractivity contribution is 5.91. The Balaban J connectivity index is 2.30. The van der Waals surface area contributed by atoms with Crippen molar-refractivity contribution in [2.75, 3.05) is 13.7 Å². The molecule has 26 heavy (non-hydrogen) atoms. The average Bonchev–Trinajstić information content (AvgIpc) is 3.15. The molecule has 0 unspecified atom stereocenters. The van der Waals surface area contributed by atoms with E-state index in [2.05, 4.69) is 9.72 Å². The van der Waals surface area contributed by atoms with Gasteiger partial charge in [-0.1, -0.05) is 0 Å². The third kappa shape index (κ3) is 4.14. The Labute approximate surface area is 147 Å². The predicted molar refractivity (Wildman–Crippen MR) is 80.9 cm³/mol. The number of carbonyl (C=O) groups excluding carboxylic acids is 3. The number of nitrogens with zero attached hydrogens (tertiary/aromatic N) is 3. The molecule has 1 aromatic rings. The van der Waals surface area contributed by atoms with Crippen molar-refractivity contribution in [2.24, 2.45) is 0 Å². The largest absolute Gasteiger partial charge is 0.464 e. The van der Waals surface area contributed by atoms with Crippen LogP contribution in [0.15, 0.2) is 6.33 Å². The molecule has 3 atom stereocenters. The number of imidazole rings is 1. The third-order valence-electron chi connectivity index (χ3n) is 3.59. The lowest BCUT2D eigenvalue weighted by molar-refractivity contribution is -0.389. The Hall–Kier alpha value is -3.02. The normalized spacial score (nSPS) is 21.9. The maximum Gasteiger partial charge on any atom is 0.396 e. The Morgan fingerprint density at radius 2 is 2.08 bits per heavy atom. The van der Waals surface area contributed by atoms with Crippen LogP contribution in [-0.4, -0.2) is 58.3 Å². The van der Waals surface area contributed by atoms with Gasteiger partial charge in [0.1, 0.15) is 25.0 Å². The van der Waals surface area contributed by atoms with Gasteiger partial charge in [0, 0.05) is 20.3 Å². The molecule has 0 N–H and O–H groups in total. The van der Waals surface area contributed by atoms with Crippen LogP contribution < -0.4 is 0 Å². The average molecular weight is 371 g/mol. The molecule has 1 saturated heterocycles. The van der Waals surface area contributed by atoms with Crippen molar-refractivity contribution in [1.82, 2.24) is 9.55 Å². The van der Waals surface area contributed by atoms with Crippen molar-refractivity contribution >= 4 is 23.7 Å². The first-order valence-electron chi connectivity index (χ1n) is 7.50. The quantitative estimate of drug-likeness (QED) is 0.297. The highest BCUT2D eigenvalue weighted by Gasteiger charge is 2.42. The molecule has 0 amide bonds. The van der Waals surface area contributed by atoms with Gasteiger partial charge in [0.05, 0.1) is 7.11 Å². The highest BCUT2D eigenvalue weighted by Crippen LogP contribution is 2.34. The summed E-state index contributed by atoms with van der Waals surface area (Å²) in [6, 6.07) is 0. The molecule has 0 aliphatic carbocycles. The second-order valence-corrected chi connectivity index (χ2v) is 5.39. The van der Waals surface area contributed by atoms with Crippen LogP contribution in [0.25, 0.3) is 0 Å². The zero-order chi connectivity index (χ0) is 19.4. The van der Waals surface area contributed by atoms with Crippen molar-refractivity contribution < 1.29 is 38.3 Å². The minimum atomic E-state index is -0.967. The summed E-state index contributed by atoms with van der Waals surface area (Å²) >= 11 is 0. The van der Waals surface area contributed by atoms with Crippen molar-refractivity contribution in [3.63, 3.8) is 0 Å². The van der Waals surface area contributed by atoms with Gasteiger partial charge >= 0.3 is 23.7 Å². The van der Waals surface area contributed by atoms with E-state index < -0.39 is 52.8 Å². The van der Waals surface area contributed by atoms with Gasteiger partial charge in [0.2, 0.25) is 12.0 Å². The van der Waals surface area contributed by atoms with Gasteiger partial charge in [-0.3, -0.25) is 14.2 Å². The number of ether oxygens (including phenoxy) is 4. The van der Waals surface area contributed by atoms with Gasteiger partial charge in [-0.2, -0.15) is 0 Å². The van der Waals surface area contributed by atoms with E-state index in [1.807, 2.05) is 0 Å². The zero-order valence-corrected chi connectivity index (χ0v) is 14.2. The summed E-state index contributed by atoms with van der Waals surface area (Å²) in [5.74, 6) is -2.78. The van der Waals surface area contributed by atoms with Gasteiger partial charge in [-0.15, -0.1) is 0 Å². The van der Waals surface area contributed by atoms with Crippen molar-refractivity contribution in [3.8, 4) is 0 Å². The van der Waals surface area contributed by atoms with Crippen LogP contribution in [-0.2, 0) is 28.5 Å². The Morgan fingerprint density at radius 1 is 1.38 bits per heavy atom. The zero-order valence-electron chi connectivity index (χ0n) is 14.2. The summed E-state index contributed by atoms with van der Waals surface area (Å²) in [4.78, 5) is 48.1. The van der Waals surface area contributed by atoms with Crippen LogP contribution in [0, 0.1) is 10.1 Å². The molecule has 1 aliphatic heterocycles. The molecular formula is C14H17N3O9. The minimum Gasteiger partial charge on any atom is -0.464 e. The second-order valence-electron chi connectivity index (χ2n) is 5.39. The SMILES string of the molecule is COC(=O)c1c([N+](=O)[O-])ncn1[C@H]1C[C@H](OC(C)=O)[C@@H](COC(C)=O)O1. The number of methoxy groups -OCH3 is 1. The third-order valence-corrected chi connectivity index (χ3v) is 3.59. The molecular weight excluding hydrogens is 354 g/mol. The molecule has 2 heterocycles. The molecule has 1 aliphatic rings. The van der Waals surface area contributed by atoms with E-state index >= 15 is 0 Å².